The summed E-state index contributed by atoms with van der Waals surface area (Å²) in [6, 6.07) is 17.3. The summed E-state index contributed by atoms with van der Waals surface area (Å²) in [7, 11) is -3.75. The maximum absolute atomic E-state index is 14.5. The second-order valence-electron chi connectivity index (χ2n) is 9.04. The first-order valence-corrected chi connectivity index (χ1v) is 14.0. The van der Waals surface area contributed by atoms with E-state index >= 15 is 0 Å². The topological polar surface area (TPSA) is 66.8 Å². The van der Waals surface area contributed by atoms with E-state index in [2.05, 4.69) is 0 Å². The first-order valence-electron chi connectivity index (χ1n) is 12.2. The van der Waals surface area contributed by atoms with Crippen molar-refractivity contribution in [2.45, 2.75) is 36.9 Å². The van der Waals surface area contributed by atoms with Gasteiger partial charge in [-0.3, -0.25) is 4.90 Å². The lowest BCUT2D eigenvalue weighted by Gasteiger charge is -2.23. The fraction of sp³-hybridized carbons (Fsp3) is 0.357. The van der Waals surface area contributed by atoms with Crippen molar-refractivity contribution in [3.63, 3.8) is 0 Å². The molecule has 1 N–H and O–H groups in total. The summed E-state index contributed by atoms with van der Waals surface area (Å²) >= 11 is 0. The van der Waals surface area contributed by atoms with Gasteiger partial charge in [0.25, 0.3) is 0 Å². The Kier molecular flexibility index (Phi) is 10.3. The monoisotopic (exact) mass is 553 g/mol. The molecule has 0 saturated carbocycles. The number of rotatable bonds is 13. The van der Waals surface area contributed by atoms with Gasteiger partial charge < -0.3 is 9.84 Å². The minimum atomic E-state index is -4.43. The highest BCUT2D eigenvalue weighted by Gasteiger charge is 2.30. The standard InChI is InChI=1S/C28H31F4NO4S/c1-38(35,36)27-19-24(18-26(29)25(27)12-15-34)37-16-6-13-33(14-11-21-7-3-2-4-8-21)20-22-9-5-10-23(17-22)28(30,31)32/h2-5,7-10,17-19,34H,6,11-16,20H2,1H3. The second-order valence-corrected chi connectivity index (χ2v) is 11.0. The van der Waals surface area contributed by atoms with Gasteiger partial charge in [0.2, 0.25) is 0 Å². The SMILES string of the molecule is CS(=O)(=O)c1cc(OCCCN(CCc2ccccc2)Cc2cccc(C(F)(F)F)c2)cc(F)c1CCO. The molecule has 0 heterocycles. The van der Waals surface area contributed by atoms with Gasteiger partial charge in [-0.05, 0) is 42.5 Å². The van der Waals surface area contributed by atoms with E-state index in [-0.39, 0.29) is 29.2 Å². The molecular formula is C28H31F4NO4S. The van der Waals surface area contributed by atoms with Crippen molar-refractivity contribution in [1.82, 2.24) is 4.90 Å². The number of hydrogen-bond acceptors (Lipinski definition) is 5. The molecule has 0 amide bonds. The van der Waals surface area contributed by atoms with Crippen molar-refractivity contribution >= 4 is 9.84 Å². The zero-order chi connectivity index (χ0) is 27.8. The summed E-state index contributed by atoms with van der Waals surface area (Å²) in [6.07, 6.45) is -2.42. The number of benzene rings is 3. The fourth-order valence-electron chi connectivity index (χ4n) is 4.14. The van der Waals surface area contributed by atoms with Crippen LogP contribution in [0.3, 0.4) is 0 Å². The molecule has 38 heavy (non-hydrogen) atoms. The first-order chi connectivity index (χ1) is 18.0. The Bertz CT molecular complexity index is 1300. The minimum Gasteiger partial charge on any atom is -0.493 e. The summed E-state index contributed by atoms with van der Waals surface area (Å²) in [4.78, 5) is 1.80. The van der Waals surface area contributed by atoms with Gasteiger partial charge in [0.05, 0.1) is 17.1 Å². The molecule has 0 aliphatic rings. The third kappa shape index (κ3) is 8.82. The van der Waals surface area contributed by atoms with Crippen molar-refractivity contribution in [2.24, 2.45) is 0 Å². The molecule has 0 fully saturated rings. The predicted octanol–water partition coefficient (Wildman–Crippen LogP) is 5.30. The number of ether oxygens (including phenoxy) is 1. The fourth-order valence-corrected chi connectivity index (χ4v) is 5.12. The maximum Gasteiger partial charge on any atom is 0.416 e. The van der Waals surface area contributed by atoms with Crippen LogP contribution in [0.4, 0.5) is 17.6 Å². The molecule has 0 radical (unpaired) electrons. The molecule has 0 bridgehead atoms. The smallest absolute Gasteiger partial charge is 0.416 e. The van der Waals surface area contributed by atoms with E-state index in [0.717, 1.165) is 30.0 Å². The van der Waals surface area contributed by atoms with E-state index in [0.29, 0.717) is 38.0 Å². The Balaban J connectivity index is 1.68. The van der Waals surface area contributed by atoms with Crippen molar-refractivity contribution in [3.8, 4) is 5.75 Å². The van der Waals surface area contributed by atoms with Crippen LogP contribution in [-0.4, -0.2) is 51.0 Å². The highest BCUT2D eigenvalue weighted by Crippen LogP contribution is 2.30. The minimum absolute atomic E-state index is 0.0540. The lowest BCUT2D eigenvalue weighted by molar-refractivity contribution is -0.137. The van der Waals surface area contributed by atoms with Gasteiger partial charge in [-0.1, -0.05) is 48.5 Å². The molecule has 10 heteroatoms. The molecular weight excluding hydrogens is 522 g/mol. The highest BCUT2D eigenvalue weighted by molar-refractivity contribution is 7.90. The molecule has 3 aromatic carbocycles. The van der Waals surface area contributed by atoms with Crippen LogP contribution in [0.1, 0.15) is 28.7 Å². The van der Waals surface area contributed by atoms with E-state index in [9.17, 15) is 26.0 Å². The molecule has 3 aromatic rings. The Morgan fingerprint density at radius 1 is 0.921 bits per heavy atom. The van der Waals surface area contributed by atoms with E-state index in [1.807, 2.05) is 35.2 Å². The Morgan fingerprint density at radius 3 is 2.29 bits per heavy atom. The normalized spacial score (nSPS) is 12.2. The van der Waals surface area contributed by atoms with Crippen molar-refractivity contribution < 1.29 is 35.8 Å². The Hall–Kier alpha value is -2.95. The molecule has 206 valence electrons. The van der Waals surface area contributed by atoms with E-state index in [1.54, 1.807) is 6.07 Å². The second kappa shape index (κ2) is 13.2. The van der Waals surface area contributed by atoms with Crippen LogP contribution in [-0.2, 0) is 35.4 Å². The van der Waals surface area contributed by atoms with Crippen LogP contribution >= 0.6 is 0 Å². The third-order valence-electron chi connectivity index (χ3n) is 6.00. The van der Waals surface area contributed by atoms with Crippen LogP contribution in [0.15, 0.2) is 71.6 Å². The van der Waals surface area contributed by atoms with Gasteiger partial charge in [0.1, 0.15) is 11.6 Å². The Labute approximate surface area is 220 Å². The molecule has 0 unspecified atom stereocenters. The lowest BCUT2D eigenvalue weighted by Crippen LogP contribution is -2.28. The molecule has 5 nitrogen and oxygen atoms in total. The van der Waals surface area contributed by atoms with Gasteiger partial charge in [-0.15, -0.1) is 0 Å². The first kappa shape index (κ1) is 29.6. The number of aliphatic hydroxyl groups is 1. The third-order valence-corrected chi connectivity index (χ3v) is 7.16. The van der Waals surface area contributed by atoms with Crippen LogP contribution in [0.25, 0.3) is 0 Å². The molecule has 0 aliphatic carbocycles. The molecule has 0 atom stereocenters. The maximum atomic E-state index is 14.5. The van der Waals surface area contributed by atoms with E-state index < -0.39 is 34.0 Å². The number of nitrogens with zero attached hydrogens (tertiary/aromatic N) is 1. The zero-order valence-corrected chi connectivity index (χ0v) is 21.9. The van der Waals surface area contributed by atoms with Crippen LogP contribution in [0.5, 0.6) is 5.75 Å². The van der Waals surface area contributed by atoms with E-state index in [1.165, 1.54) is 12.1 Å². The van der Waals surface area contributed by atoms with E-state index in [4.69, 9.17) is 9.84 Å². The summed E-state index contributed by atoms with van der Waals surface area (Å²) in [5.41, 5.74) is 0.850. The van der Waals surface area contributed by atoms with Gasteiger partial charge in [0.15, 0.2) is 9.84 Å². The van der Waals surface area contributed by atoms with Gasteiger partial charge in [-0.25, -0.2) is 12.8 Å². The number of sulfone groups is 1. The zero-order valence-electron chi connectivity index (χ0n) is 21.0. The van der Waals surface area contributed by atoms with Gasteiger partial charge >= 0.3 is 6.18 Å². The van der Waals surface area contributed by atoms with Crippen molar-refractivity contribution in [2.75, 3.05) is 32.6 Å². The van der Waals surface area contributed by atoms with Crippen LogP contribution in [0.2, 0.25) is 0 Å². The molecule has 3 rings (SSSR count). The number of aliphatic hydroxyl groups excluding tert-OH is 1. The highest BCUT2D eigenvalue weighted by atomic mass is 32.2. The predicted molar refractivity (Wildman–Crippen MR) is 137 cm³/mol. The quantitative estimate of drug-likeness (QED) is 0.230. The largest absolute Gasteiger partial charge is 0.493 e. The number of hydrogen-bond donors (Lipinski definition) is 1. The summed E-state index contributed by atoms with van der Waals surface area (Å²) in [6.45, 7) is 1.15. The average Bonchev–Trinajstić information content (AvgIpc) is 2.86. The van der Waals surface area contributed by atoms with Gasteiger partial charge in [0, 0.05) is 44.1 Å². The molecule has 0 spiro atoms. The molecule has 0 aromatic heterocycles. The number of halogens is 4. The average molecular weight is 554 g/mol. The Morgan fingerprint density at radius 2 is 1.63 bits per heavy atom. The summed E-state index contributed by atoms with van der Waals surface area (Å²) < 4.78 is 83.9. The summed E-state index contributed by atoms with van der Waals surface area (Å²) in [5.74, 6) is -0.718. The number of alkyl halides is 3. The van der Waals surface area contributed by atoms with Crippen LogP contribution < -0.4 is 4.74 Å². The molecule has 0 saturated heterocycles. The lowest BCUT2D eigenvalue weighted by atomic mass is 10.1. The molecule has 0 aliphatic heterocycles. The van der Waals surface area contributed by atoms with Crippen molar-refractivity contribution in [3.05, 3.63) is 94.8 Å². The van der Waals surface area contributed by atoms with Crippen molar-refractivity contribution in [1.29, 1.82) is 0 Å². The van der Waals surface area contributed by atoms with Crippen LogP contribution in [0, 0.1) is 5.82 Å². The summed E-state index contributed by atoms with van der Waals surface area (Å²) in [5, 5.41) is 9.15. The van der Waals surface area contributed by atoms with Gasteiger partial charge in [-0.2, -0.15) is 13.2 Å².